The van der Waals surface area contributed by atoms with Gasteiger partial charge in [-0.15, -0.1) is 0 Å². The first-order chi connectivity index (χ1) is 16.0. The molecule has 174 valence electrons. The van der Waals surface area contributed by atoms with Gasteiger partial charge in [-0.25, -0.2) is 27.5 Å². The van der Waals surface area contributed by atoms with E-state index in [-0.39, 0.29) is 17.8 Å². The van der Waals surface area contributed by atoms with Gasteiger partial charge in [-0.05, 0) is 12.1 Å². The number of hydrogen-bond donors (Lipinski definition) is 2. The summed E-state index contributed by atoms with van der Waals surface area (Å²) in [5, 5.41) is 6.34. The highest BCUT2D eigenvalue weighted by molar-refractivity contribution is 5.67. The summed E-state index contributed by atoms with van der Waals surface area (Å²) in [4.78, 5) is 10.4. The minimum atomic E-state index is -1.51. The second-order valence-corrected chi connectivity index (χ2v) is 7.23. The lowest BCUT2D eigenvalue weighted by Crippen LogP contribution is -2.43. The third-order valence-electron chi connectivity index (χ3n) is 5.11. The van der Waals surface area contributed by atoms with Crippen molar-refractivity contribution in [3.05, 3.63) is 65.5 Å². The van der Waals surface area contributed by atoms with Crippen molar-refractivity contribution in [1.82, 2.24) is 15.3 Å². The molecule has 1 saturated heterocycles. The average Bonchev–Trinajstić information content (AvgIpc) is 2.84. The molecule has 0 saturated carbocycles. The van der Waals surface area contributed by atoms with E-state index < -0.39 is 35.4 Å². The van der Waals surface area contributed by atoms with Crippen LogP contribution in [0, 0.1) is 23.3 Å². The van der Waals surface area contributed by atoms with Gasteiger partial charge in [0.2, 0.25) is 5.95 Å². The molecule has 1 aromatic heterocycles. The average molecular weight is 463 g/mol. The van der Waals surface area contributed by atoms with Gasteiger partial charge >= 0.3 is 0 Å². The number of halogens is 4. The summed E-state index contributed by atoms with van der Waals surface area (Å²) in [6, 6.07) is 5.79. The van der Waals surface area contributed by atoms with Crippen molar-refractivity contribution >= 4 is 17.3 Å². The van der Waals surface area contributed by atoms with Crippen LogP contribution in [-0.2, 0) is 6.61 Å². The number of methoxy groups -OCH3 is 1. The second kappa shape index (κ2) is 9.90. The summed E-state index contributed by atoms with van der Waals surface area (Å²) in [5.74, 6) is -5.00. The predicted octanol–water partition coefficient (Wildman–Crippen LogP) is 3.77. The Bertz CT molecular complexity index is 1100. The number of hydrogen-bond acceptors (Lipinski definition) is 7. The van der Waals surface area contributed by atoms with Crippen molar-refractivity contribution in [1.29, 1.82) is 0 Å². The molecule has 1 aliphatic heterocycles. The molecule has 0 amide bonds. The van der Waals surface area contributed by atoms with Crippen molar-refractivity contribution < 1.29 is 27.0 Å². The fourth-order valence-corrected chi connectivity index (χ4v) is 3.41. The van der Waals surface area contributed by atoms with Crippen LogP contribution in [0.1, 0.15) is 5.56 Å². The third kappa shape index (κ3) is 5.08. The topological polar surface area (TPSA) is 71.5 Å². The first-order valence-corrected chi connectivity index (χ1v) is 10.1. The number of piperazine rings is 1. The van der Waals surface area contributed by atoms with Gasteiger partial charge in [0.05, 0.1) is 30.8 Å². The molecule has 2 N–H and O–H groups in total. The quantitative estimate of drug-likeness (QED) is 0.408. The van der Waals surface area contributed by atoms with E-state index in [9.17, 15) is 17.6 Å². The van der Waals surface area contributed by atoms with E-state index in [4.69, 9.17) is 9.47 Å². The first kappa shape index (κ1) is 22.6. The number of rotatable bonds is 7. The minimum absolute atomic E-state index is 0.0654. The van der Waals surface area contributed by atoms with Gasteiger partial charge in [0.25, 0.3) is 0 Å². The molecule has 2 aromatic carbocycles. The second-order valence-electron chi connectivity index (χ2n) is 7.23. The van der Waals surface area contributed by atoms with Gasteiger partial charge < -0.3 is 25.0 Å². The lowest BCUT2D eigenvalue weighted by atomic mass is 10.2. The molecular formula is C22H21F4N5O2. The molecule has 4 rings (SSSR count). The fourth-order valence-electron chi connectivity index (χ4n) is 3.41. The summed E-state index contributed by atoms with van der Waals surface area (Å²) >= 11 is 0. The smallest absolute Gasteiger partial charge is 0.227 e. The molecule has 0 radical (unpaired) electrons. The Labute approximate surface area is 187 Å². The zero-order valence-corrected chi connectivity index (χ0v) is 17.7. The van der Waals surface area contributed by atoms with Crippen LogP contribution < -0.4 is 25.0 Å². The maximum Gasteiger partial charge on any atom is 0.227 e. The molecule has 0 spiro atoms. The highest BCUT2D eigenvalue weighted by atomic mass is 19.2. The van der Waals surface area contributed by atoms with Gasteiger partial charge in [0.1, 0.15) is 12.4 Å². The van der Waals surface area contributed by atoms with Crippen molar-refractivity contribution in [2.45, 2.75) is 6.61 Å². The van der Waals surface area contributed by atoms with E-state index in [1.807, 2.05) is 18.2 Å². The standard InChI is InChI=1S/C22H21F4N5O2/c1-32-19-8-13(2-3-18(19)31-6-4-27-5-7-31)30-22-28-10-14(11-29-22)33-12-15-20(25)16(23)9-17(24)21(15)26/h2-3,8-11,27H,4-7,12H2,1H3,(H,28,29,30). The number of ether oxygens (including phenoxy) is 2. The van der Waals surface area contributed by atoms with Crippen LogP contribution in [0.4, 0.5) is 34.9 Å². The summed E-state index contributed by atoms with van der Waals surface area (Å²) in [6.07, 6.45) is 2.54. The lowest BCUT2D eigenvalue weighted by Gasteiger charge is -2.30. The molecule has 11 heteroatoms. The molecule has 2 heterocycles. The zero-order valence-electron chi connectivity index (χ0n) is 17.7. The Morgan fingerprint density at radius 3 is 2.30 bits per heavy atom. The van der Waals surface area contributed by atoms with Gasteiger partial charge in [0, 0.05) is 44.0 Å². The van der Waals surface area contributed by atoms with E-state index in [2.05, 4.69) is 25.5 Å². The molecule has 0 bridgehead atoms. The minimum Gasteiger partial charge on any atom is -0.495 e. The van der Waals surface area contributed by atoms with Crippen LogP contribution in [0.15, 0.2) is 36.7 Å². The normalized spacial score (nSPS) is 13.7. The van der Waals surface area contributed by atoms with Gasteiger partial charge in [0.15, 0.2) is 29.0 Å². The summed E-state index contributed by atoms with van der Waals surface area (Å²) in [6.45, 7) is 2.83. The van der Waals surface area contributed by atoms with E-state index in [1.54, 1.807) is 7.11 Å². The number of nitrogens with one attached hydrogen (secondary N) is 2. The Kier molecular flexibility index (Phi) is 6.78. The maximum atomic E-state index is 13.7. The predicted molar refractivity (Wildman–Crippen MR) is 114 cm³/mol. The van der Waals surface area contributed by atoms with E-state index in [0.29, 0.717) is 11.4 Å². The van der Waals surface area contributed by atoms with Crippen LogP contribution >= 0.6 is 0 Å². The molecular weight excluding hydrogens is 442 g/mol. The monoisotopic (exact) mass is 463 g/mol. The number of anilines is 3. The molecule has 0 unspecified atom stereocenters. The van der Waals surface area contributed by atoms with Crippen molar-refractivity contribution in [3.63, 3.8) is 0 Å². The summed E-state index contributed by atoms with van der Waals surface area (Å²) in [5.41, 5.74) is 0.827. The maximum absolute atomic E-state index is 13.7. The Morgan fingerprint density at radius 1 is 1.00 bits per heavy atom. The highest BCUT2D eigenvalue weighted by Gasteiger charge is 2.20. The third-order valence-corrected chi connectivity index (χ3v) is 5.11. The molecule has 3 aromatic rings. The summed E-state index contributed by atoms with van der Waals surface area (Å²) < 4.78 is 64.8. The molecule has 7 nitrogen and oxygen atoms in total. The molecule has 33 heavy (non-hydrogen) atoms. The largest absolute Gasteiger partial charge is 0.495 e. The van der Waals surface area contributed by atoms with Crippen molar-refractivity contribution in [3.8, 4) is 11.5 Å². The molecule has 0 aliphatic carbocycles. The van der Waals surface area contributed by atoms with E-state index >= 15 is 0 Å². The van der Waals surface area contributed by atoms with Crippen molar-refractivity contribution in [2.24, 2.45) is 0 Å². The van der Waals surface area contributed by atoms with Gasteiger partial charge in [-0.2, -0.15) is 0 Å². The Morgan fingerprint density at radius 2 is 1.67 bits per heavy atom. The lowest BCUT2D eigenvalue weighted by molar-refractivity contribution is 0.283. The van der Waals surface area contributed by atoms with Crippen molar-refractivity contribution in [2.75, 3.05) is 43.5 Å². The summed E-state index contributed by atoms with van der Waals surface area (Å²) in [7, 11) is 1.60. The molecule has 1 fully saturated rings. The zero-order chi connectivity index (χ0) is 23.4. The van der Waals surface area contributed by atoms with E-state index in [0.717, 1.165) is 31.9 Å². The van der Waals surface area contributed by atoms with Crippen LogP contribution in [-0.4, -0.2) is 43.3 Å². The van der Waals surface area contributed by atoms with Crippen LogP contribution in [0.5, 0.6) is 11.5 Å². The number of nitrogens with zero attached hydrogens (tertiary/aromatic N) is 3. The van der Waals surface area contributed by atoms with Crippen LogP contribution in [0.3, 0.4) is 0 Å². The highest BCUT2D eigenvalue weighted by Crippen LogP contribution is 2.32. The number of benzene rings is 2. The molecule has 1 aliphatic rings. The number of aromatic nitrogens is 2. The van der Waals surface area contributed by atoms with E-state index in [1.165, 1.54) is 12.4 Å². The van der Waals surface area contributed by atoms with Crippen LogP contribution in [0.25, 0.3) is 0 Å². The Hall–Kier alpha value is -3.60. The molecule has 0 atom stereocenters. The Balaban J connectivity index is 1.42. The first-order valence-electron chi connectivity index (χ1n) is 10.1. The SMILES string of the molecule is COc1cc(Nc2ncc(OCc3c(F)c(F)cc(F)c3F)cn2)ccc1N1CCNCC1. The van der Waals surface area contributed by atoms with Crippen LogP contribution in [0.2, 0.25) is 0 Å². The van der Waals surface area contributed by atoms with Gasteiger partial charge in [-0.1, -0.05) is 0 Å². The fraction of sp³-hybridized carbons (Fsp3) is 0.273. The van der Waals surface area contributed by atoms with Gasteiger partial charge in [-0.3, -0.25) is 0 Å².